The standard InChI is InChI=1S/C18H34N2/c1-12(2)8-14(11-20(3)4)19-18-10-13-9-17(18)16-7-5-6-15(13)16/h12-19H,5-11H2,1-4H3. The second-order valence-electron chi connectivity index (χ2n) is 8.52. The van der Waals surface area contributed by atoms with Crippen molar-refractivity contribution in [1.82, 2.24) is 10.2 Å². The summed E-state index contributed by atoms with van der Waals surface area (Å²) >= 11 is 0. The van der Waals surface area contributed by atoms with E-state index in [1.807, 2.05) is 0 Å². The molecule has 2 bridgehead atoms. The molecular weight excluding hydrogens is 244 g/mol. The highest BCUT2D eigenvalue weighted by Crippen LogP contribution is 2.58. The van der Waals surface area contributed by atoms with Gasteiger partial charge in [0.25, 0.3) is 0 Å². The maximum atomic E-state index is 4.08. The summed E-state index contributed by atoms with van der Waals surface area (Å²) in [7, 11) is 4.42. The van der Waals surface area contributed by atoms with Crippen LogP contribution in [-0.4, -0.2) is 37.6 Å². The Labute approximate surface area is 125 Å². The van der Waals surface area contributed by atoms with Crippen LogP contribution < -0.4 is 5.32 Å². The number of hydrogen-bond donors (Lipinski definition) is 1. The predicted molar refractivity (Wildman–Crippen MR) is 85.8 cm³/mol. The number of rotatable bonds is 6. The largest absolute Gasteiger partial charge is 0.310 e. The SMILES string of the molecule is CC(C)CC(CN(C)C)NC1CC2CC1C1CCCC21. The van der Waals surface area contributed by atoms with Gasteiger partial charge in [0, 0.05) is 18.6 Å². The van der Waals surface area contributed by atoms with Crippen LogP contribution in [0.3, 0.4) is 0 Å². The van der Waals surface area contributed by atoms with Crippen molar-refractivity contribution in [2.24, 2.45) is 29.6 Å². The number of hydrogen-bond acceptors (Lipinski definition) is 2. The first kappa shape index (κ1) is 14.8. The summed E-state index contributed by atoms with van der Waals surface area (Å²) in [6.45, 7) is 5.91. The second-order valence-corrected chi connectivity index (χ2v) is 8.52. The minimum absolute atomic E-state index is 0.689. The number of nitrogens with one attached hydrogen (secondary N) is 1. The Morgan fingerprint density at radius 3 is 2.50 bits per heavy atom. The molecule has 20 heavy (non-hydrogen) atoms. The lowest BCUT2D eigenvalue weighted by atomic mass is 9.79. The first-order valence-corrected chi connectivity index (χ1v) is 8.95. The third-order valence-electron chi connectivity index (χ3n) is 6.22. The van der Waals surface area contributed by atoms with E-state index in [1.54, 1.807) is 12.8 Å². The normalized spacial score (nSPS) is 40.8. The van der Waals surface area contributed by atoms with Gasteiger partial charge in [-0.15, -0.1) is 0 Å². The van der Waals surface area contributed by atoms with Crippen LogP contribution in [0.5, 0.6) is 0 Å². The van der Waals surface area contributed by atoms with Crippen LogP contribution >= 0.6 is 0 Å². The zero-order valence-corrected chi connectivity index (χ0v) is 13.9. The van der Waals surface area contributed by atoms with Crippen LogP contribution in [0.25, 0.3) is 0 Å². The fourth-order valence-corrected chi connectivity index (χ4v) is 5.77. The molecule has 0 saturated heterocycles. The Kier molecular flexibility index (Phi) is 4.42. The molecule has 0 aromatic heterocycles. The summed E-state index contributed by atoms with van der Waals surface area (Å²) in [6, 6.07) is 1.53. The molecule has 0 aromatic carbocycles. The molecule has 3 fully saturated rings. The molecule has 0 aliphatic heterocycles. The first-order chi connectivity index (χ1) is 9.54. The average molecular weight is 278 g/mol. The highest BCUT2D eigenvalue weighted by molar-refractivity contribution is 5.06. The molecule has 0 radical (unpaired) electrons. The summed E-state index contributed by atoms with van der Waals surface area (Å²) in [5, 5.41) is 4.08. The average Bonchev–Trinajstić information content (AvgIpc) is 2.96. The Morgan fingerprint density at radius 1 is 1.05 bits per heavy atom. The van der Waals surface area contributed by atoms with Crippen LogP contribution in [0.1, 0.15) is 52.4 Å². The Morgan fingerprint density at radius 2 is 1.80 bits per heavy atom. The lowest BCUT2D eigenvalue weighted by molar-refractivity contribution is 0.182. The second kappa shape index (κ2) is 5.96. The van der Waals surface area contributed by atoms with Gasteiger partial charge in [-0.25, -0.2) is 0 Å². The molecule has 0 heterocycles. The Hall–Kier alpha value is -0.0800. The van der Waals surface area contributed by atoms with Crippen molar-refractivity contribution in [3.8, 4) is 0 Å². The molecule has 0 aromatic rings. The van der Waals surface area contributed by atoms with Crippen LogP contribution in [0, 0.1) is 29.6 Å². The van der Waals surface area contributed by atoms with Gasteiger partial charge < -0.3 is 10.2 Å². The van der Waals surface area contributed by atoms with E-state index in [0.29, 0.717) is 6.04 Å². The monoisotopic (exact) mass is 278 g/mol. The zero-order chi connectivity index (χ0) is 14.3. The van der Waals surface area contributed by atoms with E-state index in [2.05, 4.69) is 38.2 Å². The molecule has 6 unspecified atom stereocenters. The minimum Gasteiger partial charge on any atom is -0.310 e. The van der Waals surface area contributed by atoms with Gasteiger partial charge in [0.05, 0.1) is 0 Å². The Bertz CT molecular complexity index is 315. The number of likely N-dealkylation sites (N-methyl/N-ethyl adjacent to an activating group) is 1. The molecule has 3 aliphatic rings. The van der Waals surface area contributed by atoms with Gasteiger partial charge in [0.1, 0.15) is 0 Å². The van der Waals surface area contributed by atoms with E-state index in [-0.39, 0.29) is 0 Å². The molecular formula is C18H34N2. The molecule has 0 amide bonds. The smallest absolute Gasteiger partial charge is 0.0199 e. The molecule has 3 saturated carbocycles. The van der Waals surface area contributed by atoms with E-state index < -0.39 is 0 Å². The summed E-state index contributed by atoms with van der Waals surface area (Å²) < 4.78 is 0. The van der Waals surface area contributed by atoms with Gasteiger partial charge in [-0.1, -0.05) is 20.3 Å². The third-order valence-corrected chi connectivity index (χ3v) is 6.22. The molecule has 3 rings (SSSR count). The van der Waals surface area contributed by atoms with Crippen LogP contribution in [0.4, 0.5) is 0 Å². The van der Waals surface area contributed by atoms with Gasteiger partial charge in [-0.2, -0.15) is 0 Å². The van der Waals surface area contributed by atoms with E-state index in [4.69, 9.17) is 0 Å². The number of nitrogens with zero attached hydrogens (tertiary/aromatic N) is 1. The van der Waals surface area contributed by atoms with Crippen LogP contribution in [0.2, 0.25) is 0 Å². The number of fused-ring (bicyclic) bond motifs is 5. The minimum atomic E-state index is 0.689. The van der Waals surface area contributed by atoms with Crippen molar-refractivity contribution < 1.29 is 0 Å². The van der Waals surface area contributed by atoms with Crippen molar-refractivity contribution in [2.75, 3.05) is 20.6 Å². The van der Waals surface area contributed by atoms with Gasteiger partial charge in [-0.3, -0.25) is 0 Å². The topological polar surface area (TPSA) is 15.3 Å². The van der Waals surface area contributed by atoms with Crippen LogP contribution in [-0.2, 0) is 0 Å². The quantitative estimate of drug-likeness (QED) is 0.801. The fourth-order valence-electron chi connectivity index (χ4n) is 5.77. The van der Waals surface area contributed by atoms with E-state index >= 15 is 0 Å². The first-order valence-electron chi connectivity index (χ1n) is 8.95. The third kappa shape index (κ3) is 2.92. The molecule has 6 atom stereocenters. The summed E-state index contributed by atoms with van der Waals surface area (Å²) in [4.78, 5) is 2.35. The van der Waals surface area contributed by atoms with Crippen molar-refractivity contribution in [1.29, 1.82) is 0 Å². The summed E-state index contributed by atoms with van der Waals surface area (Å²) in [6.07, 6.45) is 8.94. The van der Waals surface area contributed by atoms with E-state index in [1.165, 1.54) is 32.2 Å². The summed E-state index contributed by atoms with van der Waals surface area (Å²) in [5.41, 5.74) is 0. The van der Waals surface area contributed by atoms with Crippen molar-refractivity contribution >= 4 is 0 Å². The molecule has 1 N–H and O–H groups in total. The van der Waals surface area contributed by atoms with Gasteiger partial charge >= 0.3 is 0 Å². The molecule has 116 valence electrons. The van der Waals surface area contributed by atoms with Gasteiger partial charge in [0.2, 0.25) is 0 Å². The highest BCUT2D eigenvalue weighted by atomic mass is 15.1. The van der Waals surface area contributed by atoms with Crippen molar-refractivity contribution in [3.05, 3.63) is 0 Å². The van der Waals surface area contributed by atoms with Crippen LogP contribution in [0.15, 0.2) is 0 Å². The van der Waals surface area contributed by atoms with Gasteiger partial charge in [-0.05, 0) is 75.8 Å². The van der Waals surface area contributed by atoms with Crippen molar-refractivity contribution in [2.45, 2.75) is 64.5 Å². The molecule has 2 heteroatoms. The van der Waals surface area contributed by atoms with E-state index in [0.717, 1.165) is 35.6 Å². The van der Waals surface area contributed by atoms with E-state index in [9.17, 15) is 0 Å². The maximum Gasteiger partial charge on any atom is 0.0199 e. The zero-order valence-electron chi connectivity index (χ0n) is 13.9. The van der Waals surface area contributed by atoms with Crippen molar-refractivity contribution in [3.63, 3.8) is 0 Å². The molecule has 0 spiro atoms. The molecule has 3 aliphatic carbocycles. The summed E-state index contributed by atoms with van der Waals surface area (Å²) in [5.74, 6) is 5.10. The molecule has 2 nitrogen and oxygen atoms in total. The maximum absolute atomic E-state index is 4.08. The Balaban J connectivity index is 1.59. The predicted octanol–water partition coefficient (Wildman–Crippen LogP) is 3.38. The van der Waals surface area contributed by atoms with Gasteiger partial charge in [0.15, 0.2) is 0 Å². The lowest BCUT2D eigenvalue weighted by Crippen LogP contribution is -2.48. The lowest BCUT2D eigenvalue weighted by Gasteiger charge is -2.36. The highest BCUT2D eigenvalue weighted by Gasteiger charge is 2.53. The fraction of sp³-hybridized carbons (Fsp3) is 1.00.